The number of hydrogen-bond acceptors (Lipinski definition) is 4. The summed E-state index contributed by atoms with van der Waals surface area (Å²) in [4.78, 5) is 12.3. The van der Waals surface area contributed by atoms with Gasteiger partial charge in [-0.1, -0.05) is 12.1 Å². The Bertz CT molecular complexity index is 817. The molecule has 0 saturated carbocycles. The van der Waals surface area contributed by atoms with E-state index in [9.17, 15) is 4.79 Å². The molecule has 21 heavy (non-hydrogen) atoms. The van der Waals surface area contributed by atoms with Gasteiger partial charge < -0.3 is 14.5 Å². The topological polar surface area (TPSA) is 69.3 Å². The van der Waals surface area contributed by atoms with Crippen LogP contribution in [0.4, 0.5) is 5.82 Å². The molecule has 3 rings (SSSR count). The molecule has 2 aromatic heterocycles. The molecule has 0 fully saturated rings. The third-order valence-corrected chi connectivity index (χ3v) is 3.20. The highest BCUT2D eigenvalue weighted by atomic mass is 16.5. The van der Waals surface area contributed by atoms with Crippen LogP contribution < -0.4 is 10.1 Å². The molecule has 0 atom stereocenters. The second-order valence-corrected chi connectivity index (χ2v) is 4.74. The van der Waals surface area contributed by atoms with Crippen molar-refractivity contribution in [2.75, 3.05) is 12.4 Å². The summed E-state index contributed by atoms with van der Waals surface area (Å²) in [6.07, 6.45) is 0. The molecule has 6 heteroatoms. The average Bonchev–Trinajstić information content (AvgIpc) is 3.02. The molecule has 0 aliphatic carbocycles. The van der Waals surface area contributed by atoms with Crippen molar-refractivity contribution >= 4 is 22.7 Å². The Morgan fingerprint density at radius 3 is 2.86 bits per heavy atom. The van der Waals surface area contributed by atoms with Crippen molar-refractivity contribution in [1.29, 1.82) is 0 Å². The van der Waals surface area contributed by atoms with E-state index in [1.165, 1.54) is 0 Å². The molecular formula is C15H15N3O3. The van der Waals surface area contributed by atoms with Crippen LogP contribution in [0.3, 0.4) is 0 Å². The first-order chi connectivity index (χ1) is 10.1. The van der Waals surface area contributed by atoms with E-state index in [1.54, 1.807) is 37.0 Å². The zero-order valence-corrected chi connectivity index (χ0v) is 12.0. The van der Waals surface area contributed by atoms with Crippen LogP contribution in [0, 0.1) is 6.92 Å². The Kier molecular flexibility index (Phi) is 3.13. The monoisotopic (exact) mass is 285 g/mol. The third-order valence-electron chi connectivity index (χ3n) is 3.20. The van der Waals surface area contributed by atoms with Gasteiger partial charge in [0.2, 0.25) is 0 Å². The highest BCUT2D eigenvalue weighted by molar-refractivity contribution is 6.04. The number of aromatic nitrogens is 2. The predicted octanol–water partition coefficient (Wildman–Crippen LogP) is 2.74. The molecule has 0 spiro atoms. The first-order valence-electron chi connectivity index (χ1n) is 6.47. The van der Waals surface area contributed by atoms with Crippen molar-refractivity contribution in [3.8, 4) is 5.75 Å². The van der Waals surface area contributed by atoms with Gasteiger partial charge in [0, 0.05) is 18.5 Å². The van der Waals surface area contributed by atoms with Crippen molar-refractivity contribution < 1.29 is 13.9 Å². The summed E-state index contributed by atoms with van der Waals surface area (Å²) in [5, 5.41) is 7.77. The van der Waals surface area contributed by atoms with Crippen LogP contribution in [-0.4, -0.2) is 22.8 Å². The molecule has 0 saturated heterocycles. The molecule has 108 valence electrons. The lowest BCUT2D eigenvalue weighted by Crippen LogP contribution is -2.13. The Morgan fingerprint density at radius 1 is 1.38 bits per heavy atom. The number of ether oxygens (including phenoxy) is 1. The molecule has 1 amide bonds. The summed E-state index contributed by atoms with van der Waals surface area (Å²) >= 11 is 0. The number of carbonyl (C=O) groups excluding carboxylic acids is 1. The van der Waals surface area contributed by atoms with Gasteiger partial charge in [-0.05, 0) is 19.1 Å². The number of rotatable bonds is 3. The maximum absolute atomic E-state index is 12.3. The molecule has 6 nitrogen and oxygen atoms in total. The maximum Gasteiger partial charge on any atom is 0.292 e. The average molecular weight is 285 g/mol. The number of anilines is 1. The molecule has 1 aromatic carbocycles. The standard InChI is InChI=1S/C15H15N3O3/c1-9-7-13(18(2)17-9)16-15(19)12-8-10-5-4-6-11(20-3)14(10)21-12/h4-8H,1-3H3,(H,16,19). The minimum Gasteiger partial charge on any atom is -0.493 e. The summed E-state index contributed by atoms with van der Waals surface area (Å²) in [7, 11) is 3.33. The summed E-state index contributed by atoms with van der Waals surface area (Å²) in [6.45, 7) is 1.86. The molecule has 0 aliphatic heterocycles. The number of furan rings is 1. The van der Waals surface area contributed by atoms with Gasteiger partial charge in [0.25, 0.3) is 5.91 Å². The normalized spacial score (nSPS) is 10.8. The molecule has 1 N–H and O–H groups in total. The summed E-state index contributed by atoms with van der Waals surface area (Å²) in [5.74, 6) is 1.12. The van der Waals surface area contributed by atoms with Gasteiger partial charge in [0.15, 0.2) is 17.1 Å². The fourth-order valence-corrected chi connectivity index (χ4v) is 2.21. The van der Waals surface area contributed by atoms with Crippen LogP contribution in [-0.2, 0) is 7.05 Å². The van der Waals surface area contributed by atoms with E-state index in [-0.39, 0.29) is 11.7 Å². The second kappa shape index (κ2) is 4.97. The molecule has 0 bridgehead atoms. The van der Waals surface area contributed by atoms with Crippen LogP contribution in [0.25, 0.3) is 11.0 Å². The summed E-state index contributed by atoms with van der Waals surface area (Å²) in [5.41, 5.74) is 1.39. The molecule has 3 aromatic rings. The lowest BCUT2D eigenvalue weighted by atomic mass is 10.2. The highest BCUT2D eigenvalue weighted by Crippen LogP contribution is 2.28. The van der Waals surface area contributed by atoms with E-state index < -0.39 is 0 Å². The number of aryl methyl sites for hydroxylation is 2. The SMILES string of the molecule is COc1cccc2cc(C(=O)Nc3cc(C)nn3C)oc12. The Morgan fingerprint density at radius 2 is 2.19 bits per heavy atom. The zero-order chi connectivity index (χ0) is 15.0. The third kappa shape index (κ3) is 2.35. The molecule has 0 aliphatic rings. The van der Waals surface area contributed by atoms with Crippen molar-refractivity contribution in [3.63, 3.8) is 0 Å². The number of hydrogen-bond donors (Lipinski definition) is 1. The quantitative estimate of drug-likeness (QED) is 0.803. The lowest BCUT2D eigenvalue weighted by molar-refractivity contribution is 0.0997. The number of nitrogens with zero attached hydrogens (tertiary/aromatic N) is 2. The Hall–Kier alpha value is -2.76. The van der Waals surface area contributed by atoms with Crippen molar-refractivity contribution in [3.05, 3.63) is 41.8 Å². The lowest BCUT2D eigenvalue weighted by Gasteiger charge is -2.02. The van der Waals surface area contributed by atoms with Crippen molar-refractivity contribution in [1.82, 2.24) is 9.78 Å². The maximum atomic E-state index is 12.3. The molecule has 0 radical (unpaired) electrons. The van der Waals surface area contributed by atoms with Crippen LogP contribution >= 0.6 is 0 Å². The Balaban J connectivity index is 1.93. The van der Waals surface area contributed by atoms with Crippen molar-refractivity contribution in [2.24, 2.45) is 7.05 Å². The number of carbonyl (C=O) groups is 1. The van der Waals surface area contributed by atoms with Gasteiger partial charge in [-0.25, -0.2) is 0 Å². The van der Waals surface area contributed by atoms with Crippen LogP contribution in [0.2, 0.25) is 0 Å². The van der Waals surface area contributed by atoms with Gasteiger partial charge in [-0.2, -0.15) is 5.10 Å². The molecule has 2 heterocycles. The molecule has 0 unspecified atom stereocenters. The van der Waals surface area contributed by atoms with Gasteiger partial charge in [0.1, 0.15) is 5.82 Å². The fraction of sp³-hybridized carbons (Fsp3) is 0.200. The van der Waals surface area contributed by atoms with Crippen molar-refractivity contribution in [2.45, 2.75) is 6.92 Å². The number of fused-ring (bicyclic) bond motifs is 1. The number of benzene rings is 1. The zero-order valence-electron chi connectivity index (χ0n) is 12.0. The van der Waals surface area contributed by atoms with Gasteiger partial charge in [-0.15, -0.1) is 0 Å². The molecular weight excluding hydrogens is 270 g/mol. The number of amides is 1. The minimum atomic E-state index is -0.323. The second-order valence-electron chi connectivity index (χ2n) is 4.74. The first-order valence-corrected chi connectivity index (χ1v) is 6.47. The van der Waals surface area contributed by atoms with E-state index >= 15 is 0 Å². The predicted molar refractivity (Wildman–Crippen MR) is 78.7 cm³/mol. The van der Waals surface area contributed by atoms with E-state index in [0.29, 0.717) is 17.2 Å². The van der Waals surface area contributed by atoms with Crippen LogP contribution in [0.5, 0.6) is 5.75 Å². The Labute approximate surface area is 121 Å². The number of para-hydroxylation sites is 1. The van der Waals surface area contributed by atoms with E-state index in [4.69, 9.17) is 9.15 Å². The van der Waals surface area contributed by atoms with Gasteiger partial charge in [-0.3, -0.25) is 9.48 Å². The number of methoxy groups -OCH3 is 1. The van der Waals surface area contributed by atoms with Crippen LogP contribution in [0.15, 0.2) is 34.7 Å². The summed E-state index contributed by atoms with van der Waals surface area (Å²) in [6, 6.07) is 8.99. The van der Waals surface area contributed by atoms with E-state index in [2.05, 4.69) is 10.4 Å². The van der Waals surface area contributed by atoms with Gasteiger partial charge >= 0.3 is 0 Å². The first kappa shape index (κ1) is 13.2. The largest absolute Gasteiger partial charge is 0.493 e. The van der Waals surface area contributed by atoms with E-state index in [0.717, 1.165) is 11.1 Å². The van der Waals surface area contributed by atoms with E-state index in [1.807, 2.05) is 19.1 Å². The highest BCUT2D eigenvalue weighted by Gasteiger charge is 2.16. The smallest absolute Gasteiger partial charge is 0.292 e. The van der Waals surface area contributed by atoms with Crippen LogP contribution in [0.1, 0.15) is 16.2 Å². The summed E-state index contributed by atoms with van der Waals surface area (Å²) < 4.78 is 12.4. The fourth-order valence-electron chi connectivity index (χ4n) is 2.21. The van der Waals surface area contributed by atoms with Gasteiger partial charge in [0.05, 0.1) is 12.8 Å². The number of nitrogens with one attached hydrogen (secondary N) is 1. The minimum absolute atomic E-state index is 0.230.